The van der Waals surface area contributed by atoms with E-state index in [1.807, 2.05) is 33.1 Å². The second-order valence-electron chi connectivity index (χ2n) is 2.92. The van der Waals surface area contributed by atoms with Crippen LogP contribution in [0.2, 0.25) is 0 Å². The third kappa shape index (κ3) is 7.88. The van der Waals surface area contributed by atoms with E-state index >= 15 is 0 Å². The summed E-state index contributed by atoms with van der Waals surface area (Å²) < 4.78 is 5.29. The van der Waals surface area contributed by atoms with Gasteiger partial charge in [-0.1, -0.05) is 0 Å². The van der Waals surface area contributed by atoms with E-state index in [1.54, 1.807) is 0 Å². The summed E-state index contributed by atoms with van der Waals surface area (Å²) in [5.41, 5.74) is 0. The van der Waals surface area contributed by atoms with E-state index in [4.69, 9.17) is 4.74 Å². The fraction of sp³-hybridized carbons (Fsp3) is 1.00. The first-order chi connectivity index (χ1) is 4.63. The number of hydrogen-bond donors (Lipinski definition) is 0. The van der Waals surface area contributed by atoms with Gasteiger partial charge in [0.25, 0.3) is 0 Å². The third-order valence-electron chi connectivity index (χ3n) is 1.03. The molecular weight excluding hydrogens is 128 g/mol. The minimum absolute atomic E-state index is 0.716. The summed E-state index contributed by atoms with van der Waals surface area (Å²) in [6, 6.07) is 0. The van der Waals surface area contributed by atoms with Crippen LogP contribution >= 0.6 is 0 Å². The number of ether oxygens (including phenoxy) is 1. The molecule has 0 bridgehead atoms. The van der Waals surface area contributed by atoms with Crippen LogP contribution in [0.25, 0.3) is 0 Å². The number of hydrogen-bond acceptors (Lipinski definition) is 3. The minimum Gasteiger partial charge on any atom is -0.365 e. The van der Waals surface area contributed by atoms with E-state index in [9.17, 15) is 0 Å². The van der Waals surface area contributed by atoms with Crippen molar-refractivity contribution in [2.75, 3.05) is 48.1 Å². The molecule has 0 atom stereocenters. The van der Waals surface area contributed by atoms with E-state index in [-0.39, 0.29) is 0 Å². The van der Waals surface area contributed by atoms with Crippen LogP contribution < -0.4 is 0 Å². The molecule has 0 unspecified atom stereocenters. The maximum atomic E-state index is 5.29. The van der Waals surface area contributed by atoms with Gasteiger partial charge in [0, 0.05) is 6.54 Å². The lowest BCUT2D eigenvalue weighted by molar-refractivity contribution is 0.0481. The standard InChI is InChI=1S/C7H18N2O/c1-8(2)5-6-10-7-9(3)4/h5-7H2,1-4H3. The second-order valence-corrected chi connectivity index (χ2v) is 2.92. The van der Waals surface area contributed by atoms with Crippen molar-refractivity contribution in [1.29, 1.82) is 0 Å². The maximum Gasteiger partial charge on any atom is 0.0985 e. The molecule has 0 aliphatic rings. The highest BCUT2D eigenvalue weighted by Gasteiger charge is 1.90. The molecule has 0 rings (SSSR count). The zero-order valence-corrected chi connectivity index (χ0v) is 7.42. The largest absolute Gasteiger partial charge is 0.365 e. The van der Waals surface area contributed by atoms with Gasteiger partial charge >= 0.3 is 0 Å². The molecule has 0 aromatic carbocycles. The Kier molecular flexibility index (Phi) is 5.58. The van der Waals surface area contributed by atoms with Crippen molar-refractivity contribution in [2.45, 2.75) is 0 Å². The van der Waals surface area contributed by atoms with Gasteiger partial charge < -0.3 is 9.64 Å². The predicted molar refractivity (Wildman–Crippen MR) is 43.1 cm³/mol. The molecule has 0 radical (unpaired) electrons. The second kappa shape index (κ2) is 5.65. The van der Waals surface area contributed by atoms with Crippen LogP contribution in [0, 0.1) is 0 Å². The van der Waals surface area contributed by atoms with Gasteiger partial charge in [0.1, 0.15) is 0 Å². The molecule has 0 saturated carbocycles. The fourth-order valence-corrected chi connectivity index (χ4v) is 0.494. The Bertz CT molecular complexity index is 64.0. The Labute approximate surface area is 63.6 Å². The Morgan fingerprint density at radius 2 is 1.60 bits per heavy atom. The molecule has 0 N–H and O–H groups in total. The van der Waals surface area contributed by atoms with Gasteiger partial charge in [-0.3, -0.25) is 4.90 Å². The lowest BCUT2D eigenvalue weighted by Crippen LogP contribution is -2.22. The zero-order chi connectivity index (χ0) is 7.98. The molecule has 0 heterocycles. The normalized spacial score (nSPS) is 11.4. The Balaban J connectivity index is 2.91. The van der Waals surface area contributed by atoms with Gasteiger partial charge in [0.2, 0.25) is 0 Å². The van der Waals surface area contributed by atoms with E-state index in [0.29, 0.717) is 6.73 Å². The number of likely N-dealkylation sites (N-methyl/N-ethyl adjacent to an activating group) is 1. The Morgan fingerprint density at radius 3 is 2.00 bits per heavy atom. The van der Waals surface area contributed by atoms with Gasteiger partial charge in [0.15, 0.2) is 0 Å². The molecule has 0 aromatic heterocycles. The molecule has 0 amide bonds. The first-order valence-corrected chi connectivity index (χ1v) is 3.50. The highest BCUT2D eigenvalue weighted by Crippen LogP contribution is 1.79. The smallest absolute Gasteiger partial charge is 0.0985 e. The fourth-order valence-electron chi connectivity index (χ4n) is 0.494. The molecule has 3 heteroatoms. The molecule has 62 valence electrons. The van der Waals surface area contributed by atoms with Crippen molar-refractivity contribution in [3.63, 3.8) is 0 Å². The SMILES string of the molecule is CN(C)CCOCN(C)C. The van der Waals surface area contributed by atoms with Crippen LogP contribution in [0.5, 0.6) is 0 Å². The van der Waals surface area contributed by atoms with Gasteiger partial charge in [-0.05, 0) is 28.2 Å². The zero-order valence-electron chi connectivity index (χ0n) is 7.42. The Hall–Kier alpha value is -0.120. The van der Waals surface area contributed by atoms with Crippen molar-refractivity contribution in [3.8, 4) is 0 Å². The summed E-state index contributed by atoms with van der Waals surface area (Å²) in [6.07, 6.45) is 0. The summed E-state index contributed by atoms with van der Waals surface area (Å²) in [7, 11) is 8.07. The highest BCUT2D eigenvalue weighted by molar-refractivity contribution is 4.38. The molecular formula is C7H18N2O. The van der Waals surface area contributed by atoms with Crippen LogP contribution in [-0.2, 0) is 4.74 Å². The average Bonchev–Trinajstić information content (AvgIpc) is 1.79. The van der Waals surface area contributed by atoms with Crippen LogP contribution in [-0.4, -0.2) is 57.9 Å². The molecule has 0 saturated heterocycles. The Morgan fingerprint density at radius 1 is 1.00 bits per heavy atom. The van der Waals surface area contributed by atoms with Crippen molar-refractivity contribution in [3.05, 3.63) is 0 Å². The number of rotatable bonds is 5. The monoisotopic (exact) mass is 146 g/mol. The molecule has 0 aliphatic heterocycles. The molecule has 0 aliphatic carbocycles. The summed E-state index contributed by atoms with van der Waals surface area (Å²) >= 11 is 0. The molecule has 0 aromatic rings. The van der Waals surface area contributed by atoms with Crippen molar-refractivity contribution < 1.29 is 4.74 Å². The summed E-state index contributed by atoms with van der Waals surface area (Å²) in [5.74, 6) is 0. The van der Waals surface area contributed by atoms with Gasteiger partial charge in [-0.25, -0.2) is 0 Å². The van der Waals surface area contributed by atoms with Gasteiger partial charge in [-0.15, -0.1) is 0 Å². The highest BCUT2D eigenvalue weighted by atomic mass is 16.5. The molecule has 0 fully saturated rings. The summed E-state index contributed by atoms with van der Waals surface area (Å²) in [4.78, 5) is 4.12. The predicted octanol–water partition coefficient (Wildman–Crippen LogP) is 0.0837. The van der Waals surface area contributed by atoms with Crippen LogP contribution in [0.3, 0.4) is 0 Å². The van der Waals surface area contributed by atoms with Crippen molar-refractivity contribution in [1.82, 2.24) is 9.80 Å². The summed E-state index contributed by atoms with van der Waals surface area (Å²) in [5, 5.41) is 0. The molecule has 3 nitrogen and oxygen atoms in total. The van der Waals surface area contributed by atoms with Crippen LogP contribution in [0.4, 0.5) is 0 Å². The van der Waals surface area contributed by atoms with Crippen molar-refractivity contribution >= 4 is 0 Å². The average molecular weight is 146 g/mol. The van der Waals surface area contributed by atoms with E-state index < -0.39 is 0 Å². The van der Waals surface area contributed by atoms with E-state index in [2.05, 4.69) is 4.90 Å². The minimum atomic E-state index is 0.716. The van der Waals surface area contributed by atoms with Gasteiger partial charge in [-0.2, -0.15) is 0 Å². The lowest BCUT2D eigenvalue weighted by Gasteiger charge is -2.12. The van der Waals surface area contributed by atoms with Crippen LogP contribution in [0.15, 0.2) is 0 Å². The van der Waals surface area contributed by atoms with Crippen molar-refractivity contribution in [2.24, 2.45) is 0 Å². The van der Waals surface area contributed by atoms with E-state index in [1.165, 1.54) is 0 Å². The number of nitrogens with zero attached hydrogens (tertiary/aromatic N) is 2. The summed E-state index contributed by atoms with van der Waals surface area (Å²) in [6.45, 7) is 2.52. The van der Waals surface area contributed by atoms with Gasteiger partial charge in [0.05, 0.1) is 13.3 Å². The first-order valence-electron chi connectivity index (χ1n) is 3.50. The third-order valence-corrected chi connectivity index (χ3v) is 1.03. The quantitative estimate of drug-likeness (QED) is 0.403. The maximum absolute atomic E-state index is 5.29. The first kappa shape index (κ1) is 9.88. The lowest BCUT2D eigenvalue weighted by atomic mass is 10.6. The molecule has 10 heavy (non-hydrogen) atoms. The van der Waals surface area contributed by atoms with E-state index in [0.717, 1.165) is 13.2 Å². The molecule has 0 spiro atoms. The topological polar surface area (TPSA) is 15.7 Å². The van der Waals surface area contributed by atoms with Crippen LogP contribution in [0.1, 0.15) is 0 Å².